The van der Waals surface area contributed by atoms with E-state index in [1.54, 1.807) is 0 Å². The smallest absolute Gasteiger partial charge is 0.332 e. The Morgan fingerprint density at radius 3 is 2.79 bits per heavy atom. The van der Waals surface area contributed by atoms with Crippen LogP contribution < -0.4 is 11.4 Å². The van der Waals surface area contributed by atoms with E-state index in [1.165, 1.54) is 14.0 Å². The molecule has 158 valence electrons. The Morgan fingerprint density at radius 1 is 1.45 bits per heavy atom. The number of ether oxygens (including phenoxy) is 3. The number of hydrogen-bond acceptors (Lipinski definition) is 9. The fourth-order valence-corrected chi connectivity index (χ4v) is 3.28. The van der Waals surface area contributed by atoms with E-state index >= 15 is 0 Å². The normalized spacial score (nSPS) is 21.6. The molecular formula is C16H19F2N5O6. The van der Waals surface area contributed by atoms with Crippen molar-refractivity contribution in [1.29, 1.82) is 0 Å². The summed E-state index contributed by atoms with van der Waals surface area (Å²) in [7, 11) is 1.21. The van der Waals surface area contributed by atoms with Crippen molar-refractivity contribution in [3.8, 4) is 0 Å². The fourth-order valence-electron chi connectivity index (χ4n) is 3.28. The molecule has 0 bridgehead atoms. The summed E-state index contributed by atoms with van der Waals surface area (Å²) in [5.41, 5.74) is 4.70. The van der Waals surface area contributed by atoms with Gasteiger partial charge < -0.3 is 19.9 Å². The summed E-state index contributed by atoms with van der Waals surface area (Å²) in [6.07, 6.45) is -4.60. The number of esters is 2. The molecule has 11 nitrogen and oxygen atoms in total. The lowest BCUT2D eigenvalue weighted by molar-refractivity contribution is -0.153. The number of alkyl halides is 2. The van der Waals surface area contributed by atoms with Crippen LogP contribution >= 0.6 is 0 Å². The zero-order valence-electron chi connectivity index (χ0n) is 15.6. The molecule has 2 aromatic heterocycles. The minimum atomic E-state index is -2.81. The maximum atomic E-state index is 13.0. The van der Waals surface area contributed by atoms with Gasteiger partial charge in [-0.15, -0.1) is 0 Å². The van der Waals surface area contributed by atoms with Gasteiger partial charge in [-0.3, -0.25) is 14.2 Å². The molecule has 0 saturated carbocycles. The zero-order valence-corrected chi connectivity index (χ0v) is 15.6. The van der Waals surface area contributed by atoms with Crippen molar-refractivity contribution in [3.05, 3.63) is 16.7 Å². The number of hydrogen-bond donors (Lipinski definition) is 1. The van der Waals surface area contributed by atoms with E-state index in [-0.39, 0.29) is 30.0 Å². The Balaban J connectivity index is 2.09. The highest BCUT2D eigenvalue weighted by Gasteiger charge is 2.42. The number of fused-ring (bicyclic) bond motifs is 1. The van der Waals surface area contributed by atoms with Gasteiger partial charge in [0.15, 0.2) is 11.9 Å². The first-order chi connectivity index (χ1) is 13.7. The third-order valence-corrected chi connectivity index (χ3v) is 4.38. The maximum absolute atomic E-state index is 13.0. The highest BCUT2D eigenvalue weighted by molar-refractivity contribution is 5.72. The van der Waals surface area contributed by atoms with Gasteiger partial charge in [-0.2, -0.15) is 4.98 Å². The molecule has 29 heavy (non-hydrogen) atoms. The highest BCUT2D eigenvalue weighted by Crippen LogP contribution is 2.34. The van der Waals surface area contributed by atoms with Gasteiger partial charge in [0, 0.05) is 13.3 Å². The van der Waals surface area contributed by atoms with Gasteiger partial charge >= 0.3 is 17.6 Å². The largest absolute Gasteiger partial charge is 0.469 e. The lowest BCUT2D eigenvalue weighted by Crippen LogP contribution is -2.34. The lowest BCUT2D eigenvalue weighted by atomic mass is 10.1. The predicted octanol–water partition coefficient (Wildman–Crippen LogP) is 0.223. The van der Waals surface area contributed by atoms with Gasteiger partial charge in [0.05, 0.1) is 32.4 Å². The molecule has 0 radical (unpaired) electrons. The number of methoxy groups -OCH3 is 1. The van der Waals surface area contributed by atoms with E-state index in [0.29, 0.717) is 0 Å². The van der Waals surface area contributed by atoms with Crippen LogP contribution in [0.5, 0.6) is 0 Å². The first-order valence-electron chi connectivity index (χ1n) is 8.62. The molecule has 3 rings (SSSR count). The minimum Gasteiger partial charge on any atom is -0.469 e. The van der Waals surface area contributed by atoms with E-state index in [4.69, 9.17) is 15.2 Å². The monoisotopic (exact) mass is 415 g/mol. The average Bonchev–Trinajstić information content (AvgIpc) is 3.12. The second-order valence-corrected chi connectivity index (χ2v) is 6.40. The van der Waals surface area contributed by atoms with E-state index in [2.05, 4.69) is 14.7 Å². The third-order valence-electron chi connectivity index (χ3n) is 4.38. The number of imidazole rings is 1. The quantitative estimate of drug-likeness (QED) is 0.656. The maximum Gasteiger partial charge on any atom is 0.332 e. The molecule has 3 atom stereocenters. The van der Waals surface area contributed by atoms with E-state index < -0.39 is 49.0 Å². The van der Waals surface area contributed by atoms with E-state index in [0.717, 1.165) is 15.3 Å². The van der Waals surface area contributed by atoms with Crippen LogP contribution in [0.25, 0.3) is 11.2 Å². The molecule has 3 heterocycles. The van der Waals surface area contributed by atoms with Crippen molar-refractivity contribution in [1.82, 2.24) is 19.1 Å². The number of nitrogens with two attached hydrogens (primary N) is 1. The number of rotatable bonds is 6. The van der Waals surface area contributed by atoms with Gasteiger partial charge in [0.25, 0.3) is 6.43 Å². The van der Waals surface area contributed by atoms with Crippen LogP contribution in [0, 0.1) is 0 Å². The number of nitrogen functional groups attached to an aromatic ring is 1. The van der Waals surface area contributed by atoms with Gasteiger partial charge in [-0.1, -0.05) is 0 Å². The zero-order chi connectivity index (χ0) is 21.3. The first-order valence-corrected chi connectivity index (χ1v) is 8.62. The predicted molar refractivity (Wildman–Crippen MR) is 92.9 cm³/mol. The Morgan fingerprint density at radius 2 is 2.17 bits per heavy atom. The molecule has 1 aliphatic rings. The van der Waals surface area contributed by atoms with Crippen molar-refractivity contribution >= 4 is 29.1 Å². The number of carbonyl (C=O) groups is 2. The Kier molecular flexibility index (Phi) is 5.77. The summed E-state index contributed by atoms with van der Waals surface area (Å²) in [5, 5.41) is 0. The molecule has 2 aromatic rings. The van der Waals surface area contributed by atoms with Crippen molar-refractivity contribution in [2.45, 2.75) is 51.2 Å². The Hall–Kier alpha value is -3.09. The third kappa shape index (κ3) is 4.18. The number of anilines is 1. The summed E-state index contributed by atoms with van der Waals surface area (Å²) in [6, 6.07) is 0. The van der Waals surface area contributed by atoms with Crippen LogP contribution in [0.2, 0.25) is 0 Å². The van der Waals surface area contributed by atoms with Crippen molar-refractivity contribution in [2.75, 3.05) is 12.8 Å². The molecular weight excluding hydrogens is 396 g/mol. The van der Waals surface area contributed by atoms with Gasteiger partial charge in [-0.05, 0) is 0 Å². The molecule has 1 fully saturated rings. The second-order valence-electron chi connectivity index (χ2n) is 6.40. The number of carbonyl (C=O) groups excluding carboxylic acids is 2. The van der Waals surface area contributed by atoms with Crippen molar-refractivity contribution in [2.24, 2.45) is 0 Å². The summed E-state index contributed by atoms with van der Waals surface area (Å²) in [6.45, 7) is 0.278. The van der Waals surface area contributed by atoms with Crippen LogP contribution in [0.4, 0.5) is 14.7 Å². The van der Waals surface area contributed by atoms with Gasteiger partial charge in [0.2, 0.25) is 5.95 Å². The summed E-state index contributed by atoms with van der Waals surface area (Å²) >= 11 is 0. The molecule has 0 spiro atoms. The molecule has 1 saturated heterocycles. The molecule has 1 aliphatic heterocycles. The molecule has 0 unspecified atom stereocenters. The highest BCUT2D eigenvalue weighted by atomic mass is 19.3. The van der Waals surface area contributed by atoms with Gasteiger partial charge in [-0.25, -0.2) is 23.1 Å². The van der Waals surface area contributed by atoms with Crippen LogP contribution in [-0.2, 0) is 30.3 Å². The van der Waals surface area contributed by atoms with Crippen molar-refractivity contribution in [3.63, 3.8) is 0 Å². The standard InChI is InChI=1S/C16H19F2N5O6/c1-7(24)28-10-3-8(4-12(25)27-2)29-14(10)23-13-9(5-20-15(19)21-13)22(16(23)26)6-11(17)18/h5,8,10-11,14H,3-4,6H2,1-2H3,(H2,19,20,21)/t8-,10+,14+/m0/s1. The van der Waals surface area contributed by atoms with Crippen LogP contribution in [0.3, 0.4) is 0 Å². The first kappa shape index (κ1) is 20.6. The molecule has 2 N–H and O–H groups in total. The van der Waals surface area contributed by atoms with Crippen LogP contribution in [0.15, 0.2) is 11.0 Å². The van der Waals surface area contributed by atoms with Crippen molar-refractivity contribution < 1.29 is 32.6 Å². The SMILES string of the molecule is COC(=O)C[C@@H]1C[C@@H](OC(C)=O)[C@H](n2c(=O)n(CC(F)F)c3cnc(N)nc32)O1. The summed E-state index contributed by atoms with van der Waals surface area (Å²) in [4.78, 5) is 43.7. The number of aromatic nitrogens is 4. The topological polar surface area (TPSA) is 141 Å². The fraction of sp³-hybridized carbons (Fsp3) is 0.562. The molecule has 0 aromatic carbocycles. The number of nitrogens with zero attached hydrogens (tertiary/aromatic N) is 4. The lowest BCUT2D eigenvalue weighted by Gasteiger charge is -2.19. The van der Waals surface area contributed by atoms with Crippen LogP contribution in [-0.4, -0.2) is 56.8 Å². The Labute approximate surface area is 162 Å². The van der Waals surface area contributed by atoms with E-state index in [1.807, 2.05) is 0 Å². The minimum absolute atomic E-state index is 0.0195. The molecule has 0 amide bonds. The number of halogens is 2. The summed E-state index contributed by atoms with van der Waals surface area (Å²) < 4.78 is 43.4. The van der Waals surface area contributed by atoms with E-state index in [9.17, 15) is 23.2 Å². The van der Waals surface area contributed by atoms with Gasteiger partial charge in [0.1, 0.15) is 11.6 Å². The molecule has 13 heteroatoms. The second kappa shape index (κ2) is 8.11. The Bertz CT molecular complexity index is 990. The van der Waals surface area contributed by atoms with Crippen LogP contribution in [0.1, 0.15) is 26.0 Å². The molecule has 0 aliphatic carbocycles. The average molecular weight is 415 g/mol. The summed E-state index contributed by atoms with van der Waals surface area (Å²) in [5.74, 6) is -1.38.